The predicted molar refractivity (Wildman–Crippen MR) is 82.0 cm³/mol. The molecule has 0 radical (unpaired) electrons. The fourth-order valence-electron chi connectivity index (χ4n) is 1.89. The zero-order chi connectivity index (χ0) is 16.1. The summed E-state index contributed by atoms with van der Waals surface area (Å²) in [6, 6.07) is 5.49. The third-order valence-electron chi connectivity index (χ3n) is 3.08. The quantitative estimate of drug-likeness (QED) is 0.503. The highest BCUT2D eigenvalue weighted by Gasteiger charge is 2.09. The molecule has 1 aromatic carbocycles. The van der Waals surface area contributed by atoms with Crippen molar-refractivity contribution in [2.75, 3.05) is 6.54 Å². The molecule has 1 amide bonds. The normalized spacial score (nSPS) is 10.5. The number of nitro groups is 1. The summed E-state index contributed by atoms with van der Waals surface area (Å²) in [6.07, 6.45) is 2.45. The van der Waals surface area contributed by atoms with Crippen LogP contribution in [0.1, 0.15) is 22.5 Å². The van der Waals surface area contributed by atoms with Gasteiger partial charge in [0.15, 0.2) is 0 Å². The van der Waals surface area contributed by atoms with Crippen LogP contribution in [0.25, 0.3) is 0 Å². The monoisotopic (exact) mass is 322 g/mol. The van der Waals surface area contributed by atoms with Crippen LogP contribution in [0.3, 0.4) is 0 Å². The molecule has 8 heteroatoms. The second-order valence-corrected chi connectivity index (χ2v) is 5.15. The second kappa shape index (κ2) is 7.04. The Morgan fingerprint density at radius 2 is 2.09 bits per heavy atom. The van der Waals surface area contributed by atoms with Crippen LogP contribution in [0.5, 0.6) is 0 Å². The molecule has 0 aliphatic heterocycles. The molecule has 2 aromatic rings. The molecule has 0 fully saturated rings. The number of benzene rings is 1. The number of non-ortho nitro benzene ring substituents is 1. The molecular formula is C14H15ClN4O3. The molecule has 0 saturated carbocycles. The van der Waals surface area contributed by atoms with Crippen LogP contribution in [0.2, 0.25) is 5.02 Å². The van der Waals surface area contributed by atoms with E-state index in [1.165, 1.54) is 24.3 Å². The summed E-state index contributed by atoms with van der Waals surface area (Å²) in [7, 11) is 0. The summed E-state index contributed by atoms with van der Waals surface area (Å²) < 4.78 is 1.73. The van der Waals surface area contributed by atoms with E-state index in [1.807, 2.05) is 6.92 Å². The molecule has 0 bridgehead atoms. The summed E-state index contributed by atoms with van der Waals surface area (Å²) in [6.45, 7) is 2.95. The van der Waals surface area contributed by atoms with E-state index in [0.29, 0.717) is 30.1 Å². The molecule has 0 spiro atoms. The first kappa shape index (κ1) is 16.0. The summed E-state index contributed by atoms with van der Waals surface area (Å²) in [5, 5.41) is 18.1. The molecule has 0 atom stereocenters. The van der Waals surface area contributed by atoms with Crippen molar-refractivity contribution in [3.05, 3.63) is 56.9 Å². The van der Waals surface area contributed by atoms with E-state index in [2.05, 4.69) is 10.4 Å². The molecular weight excluding hydrogens is 308 g/mol. The van der Waals surface area contributed by atoms with Gasteiger partial charge in [0.25, 0.3) is 11.6 Å². The predicted octanol–water partition coefficient (Wildman–Crippen LogP) is 2.57. The van der Waals surface area contributed by atoms with Gasteiger partial charge in [-0.05, 0) is 25.5 Å². The van der Waals surface area contributed by atoms with E-state index in [4.69, 9.17) is 11.6 Å². The molecule has 2 rings (SSSR count). The van der Waals surface area contributed by atoms with Crippen molar-refractivity contribution in [1.29, 1.82) is 0 Å². The Morgan fingerprint density at radius 1 is 1.41 bits per heavy atom. The first-order valence-corrected chi connectivity index (χ1v) is 7.07. The number of amides is 1. The van der Waals surface area contributed by atoms with Crippen LogP contribution < -0.4 is 5.32 Å². The van der Waals surface area contributed by atoms with Gasteiger partial charge < -0.3 is 5.32 Å². The molecule has 0 aliphatic rings. The van der Waals surface area contributed by atoms with E-state index in [1.54, 1.807) is 10.9 Å². The topological polar surface area (TPSA) is 90.1 Å². The average molecular weight is 323 g/mol. The van der Waals surface area contributed by atoms with E-state index >= 15 is 0 Å². The molecule has 7 nitrogen and oxygen atoms in total. The number of aryl methyl sites for hydroxylation is 2. The highest BCUT2D eigenvalue weighted by atomic mass is 35.5. The molecule has 116 valence electrons. The summed E-state index contributed by atoms with van der Waals surface area (Å²) in [5.74, 6) is -0.260. The van der Waals surface area contributed by atoms with Gasteiger partial charge in [0.05, 0.1) is 15.6 Å². The number of carbonyl (C=O) groups excluding carboxylic acids is 1. The van der Waals surface area contributed by atoms with Crippen molar-refractivity contribution in [2.24, 2.45) is 0 Å². The van der Waals surface area contributed by atoms with Gasteiger partial charge in [0.1, 0.15) is 0 Å². The second-order valence-electron chi connectivity index (χ2n) is 4.74. The van der Waals surface area contributed by atoms with Crippen LogP contribution in [0.15, 0.2) is 30.5 Å². The Bertz CT molecular complexity index is 662. The minimum atomic E-state index is -0.501. The molecule has 1 aromatic heterocycles. The van der Waals surface area contributed by atoms with Crippen LogP contribution in [0.4, 0.5) is 5.69 Å². The Balaban J connectivity index is 1.79. The summed E-state index contributed by atoms with van der Waals surface area (Å²) in [5.41, 5.74) is 1.13. The maximum atomic E-state index is 11.9. The number of halogens is 1. The minimum Gasteiger partial charge on any atom is -0.352 e. The van der Waals surface area contributed by atoms with Gasteiger partial charge in [-0.1, -0.05) is 11.6 Å². The van der Waals surface area contributed by atoms with Crippen molar-refractivity contribution in [2.45, 2.75) is 19.9 Å². The highest BCUT2D eigenvalue weighted by Crippen LogP contribution is 2.13. The van der Waals surface area contributed by atoms with Gasteiger partial charge in [-0.15, -0.1) is 0 Å². The zero-order valence-electron chi connectivity index (χ0n) is 12.0. The maximum absolute atomic E-state index is 11.9. The van der Waals surface area contributed by atoms with Gasteiger partial charge in [0.2, 0.25) is 0 Å². The SMILES string of the molecule is Cc1nn(CCCNC(=O)c2ccc([N+](=O)[O-])cc2)cc1Cl. The number of nitrogens with one attached hydrogen (secondary N) is 1. The number of nitrogens with zero attached hydrogens (tertiary/aromatic N) is 3. The number of carbonyl (C=O) groups is 1. The van der Waals surface area contributed by atoms with Gasteiger partial charge in [-0.25, -0.2) is 0 Å². The van der Waals surface area contributed by atoms with Gasteiger partial charge >= 0.3 is 0 Å². The zero-order valence-corrected chi connectivity index (χ0v) is 12.7. The Morgan fingerprint density at radius 3 is 2.64 bits per heavy atom. The lowest BCUT2D eigenvalue weighted by Gasteiger charge is -2.05. The lowest BCUT2D eigenvalue weighted by molar-refractivity contribution is -0.384. The van der Waals surface area contributed by atoms with Gasteiger partial charge in [-0.2, -0.15) is 5.10 Å². The van der Waals surface area contributed by atoms with E-state index in [-0.39, 0.29) is 11.6 Å². The minimum absolute atomic E-state index is 0.0394. The van der Waals surface area contributed by atoms with Crippen molar-refractivity contribution in [3.8, 4) is 0 Å². The standard InChI is InChI=1S/C14H15ClN4O3/c1-10-13(15)9-18(17-10)8-2-7-16-14(20)11-3-5-12(6-4-11)19(21)22/h3-6,9H,2,7-8H2,1H3,(H,16,20). The number of hydrogen-bond donors (Lipinski definition) is 1. The Labute approximate surface area is 132 Å². The van der Waals surface area contributed by atoms with Gasteiger partial charge in [0, 0.05) is 37.0 Å². The van der Waals surface area contributed by atoms with E-state index in [9.17, 15) is 14.9 Å². The van der Waals surface area contributed by atoms with Crippen molar-refractivity contribution in [3.63, 3.8) is 0 Å². The average Bonchev–Trinajstić information content (AvgIpc) is 2.82. The van der Waals surface area contributed by atoms with Crippen LogP contribution in [0, 0.1) is 17.0 Å². The fourth-order valence-corrected chi connectivity index (χ4v) is 2.04. The van der Waals surface area contributed by atoms with Crippen LogP contribution in [-0.2, 0) is 6.54 Å². The third kappa shape index (κ3) is 4.05. The van der Waals surface area contributed by atoms with E-state index in [0.717, 1.165) is 5.69 Å². The van der Waals surface area contributed by atoms with E-state index < -0.39 is 4.92 Å². The smallest absolute Gasteiger partial charge is 0.269 e. The fraction of sp³-hybridized carbons (Fsp3) is 0.286. The Hall–Kier alpha value is -2.41. The number of hydrogen-bond acceptors (Lipinski definition) is 4. The molecule has 0 saturated heterocycles. The van der Waals surface area contributed by atoms with Crippen molar-refractivity contribution in [1.82, 2.24) is 15.1 Å². The molecule has 22 heavy (non-hydrogen) atoms. The summed E-state index contributed by atoms with van der Waals surface area (Å²) >= 11 is 5.91. The largest absolute Gasteiger partial charge is 0.352 e. The maximum Gasteiger partial charge on any atom is 0.269 e. The molecule has 0 aliphatic carbocycles. The highest BCUT2D eigenvalue weighted by molar-refractivity contribution is 6.31. The first-order chi connectivity index (χ1) is 10.5. The molecule has 0 unspecified atom stereocenters. The summed E-state index contributed by atoms with van der Waals surface area (Å²) in [4.78, 5) is 21.9. The first-order valence-electron chi connectivity index (χ1n) is 6.69. The van der Waals surface area contributed by atoms with Crippen molar-refractivity contribution < 1.29 is 9.72 Å². The van der Waals surface area contributed by atoms with Gasteiger partial charge in [-0.3, -0.25) is 19.6 Å². The Kier molecular flexibility index (Phi) is 5.11. The van der Waals surface area contributed by atoms with Crippen LogP contribution >= 0.6 is 11.6 Å². The number of rotatable bonds is 6. The van der Waals surface area contributed by atoms with Crippen molar-refractivity contribution >= 4 is 23.2 Å². The lowest BCUT2D eigenvalue weighted by Crippen LogP contribution is -2.25. The van der Waals surface area contributed by atoms with Crippen LogP contribution in [-0.4, -0.2) is 27.2 Å². The number of nitro benzene ring substituents is 1. The molecule has 1 N–H and O–H groups in total. The third-order valence-corrected chi connectivity index (χ3v) is 3.45. The lowest BCUT2D eigenvalue weighted by atomic mass is 10.2. The molecule has 1 heterocycles. The number of aromatic nitrogens is 2.